The summed E-state index contributed by atoms with van der Waals surface area (Å²) in [5, 5.41) is 9.61. The van der Waals surface area contributed by atoms with Gasteiger partial charge in [0.25, 0.3) is 0 Å². The first kappa shape index (κ1) is 15.7. The van der Waals surface area contributed by atoms with Crippen molar-refractivity contribution >= 4 is 0 Å². The molecule has 4 nitrogen and oxygen atoms in total. The standard InChI is InChI=1S/C17H24N2O2/c1-3-21-17-12-14(8-9-16(17)20-2)15(13-18)19-10-6-4-5-7-11-19/h8-9,12,15H,3-7,10-11H2,1-2H3. The van der Waals surface area contributed by atoms with E-state index in [0.717, 1.165) is 18.7 Å². The minimum Gasteiger partial charge on any atom is -0.493 e. The highest BCUT2D eigenvalue weighted by Crippen LogP contribution is 2.32. The molecule has 1 aliphatic heterocycles. The van der Waals surface area contributed by atoms with E-state index in [1.54, 1.807) is 7.11 Å². The average Bonchev–Trinajstić information content (AvgIpc) is 2.78. The molecule has 0 saturated carbocycles. The summed E-state index contributed by atoms with van der Waals surface area (Å²) in [5.74, 6) is 1.43. The first-order valence-corrected chi connectivity index (χ1v) is 7.74. The third kappa shape index (κ3) is 3.89. The van der Waals surface area contributed by atoms with E-state index < -0.39 is 0 Å². The largest absolute Gasteiger partial charge is 0.493 e. The summed E-state index contributed by atoms with van der Waals surface area (Å²) < 4.78 is 10.9. The molecule has 2 rings (SSSR count). The second-order valence-corrected chi connectivity index (χ2v) is 5.33. The van der Waals surface area contributed by atoms with Crippen molar-refractivity contribution < 1.29 is 9.47 Å². The number of hydrogen-bond acceptors (Lipinski definition) is 4. The molecule has 0 spiro atoms. The van der Waals surface area contributed by atoms with Crippen LogP contribution in [-0.4, -0.2) is 31.7 Å². The lowest BCUT2D eigenvalue weighted by molar-refractivity contribution is 0.244. The molecule has 1 aromatic carbocycles. The van der Waals surface area contributed by atoms with Gasteiger partial charge in [-0.3, -0.25) is 4.90 Å². The normalized spacial score (nSPS) is 17.6. The lowest BCUT2D eigenvalue weighted by Crippen LogP contribution is -2.28. The molecule has 1 fully saturated rings. The van der Waals surface area contributed by atoms with Crippen LogP contribution in [-0.2, 0) is 0 Å². The topological polar surface area (TPSA) is 45.5 Å². The van der Waals surface area contributed by atoms with Crippen molar-refractivity contribution in [2.24, 2.45) is 0 Å². The summed E-state index contributed by atoms with van der Waals surface area (Å²) in [4.78, 5) is 2.28. The highest BCUT2D eigenvalue weighted by Gasteiger charge is 2.22. The van der Waals surface area contributed by atoms with Gasteiger partial charge in [0.1, 0.15) is 6.04 Å². The summed E-state index contributed by atoms with van der Waals surface area (Å²) in [5.41, 5.74) is 0.989. The van der Waals surface area contributed by atoms with E-state index >= 15 is 0 Å². The van der Waals surface area contributed by atoms with Gasteiger partial charge in [0.15, 0.2) is 11.5 Å². The zero-order chi connectivity index (χ0) is 15.1. The van der Waals surface area contributed by atoms with Crippen molar-refractivity contribution in [3.05, 3.63) is 23.8 Å². The van der Waals surface area contributed by atoms with Crippen LogP contribution in [0.15, 0.2) is 18.2 Å². The van der Waals surface area contributed by atoms with Gasteiger partial charge in [0.2, 0.25) is 0 Å². The van der Waals surface area contributed by atoms with E-state index in [0.29, 0.717) is 18.1 Å². The highest BCUT2D eigenvalue weighted by molar-refractivity contribution is 5.44. The van der Waals surface area contributed by atoms with E-state index in [1.807, 2.05) is 25.1 Å². The highest BCUT2D eigenvalue weighted by atomic mass is 16.5. The van der Waals surface area contributed by atoms with Crippen molar-refractivity contribution in [2.45, 2.75) is 38.6 Å². The van der Waals surface area contributed by atoms with Gasteiger partial charge in [-0.15, -0.1) is 0 Å². The van der Waals surface area contributed by atoms with Gasteiger partial charge in [0.05, 0.1) is 19.8 Å². The molecule has 1 aliphatic rings. The van der Waals surface area contributed by atoms with Crippen molar-refractivity contribution in [3.8, 4) is 17.6 Å². The Morgan fingerprint density at radius 3 is 2.48 bits per heavy atom. The summed E-state index contributed by atoms with van der Waals surface area (Å²) in [6.45, 7) is 4.52. The van der Waals surface area contributed by atoms with Gasteiger partial charge < -0.3 is 9.47 Å². The van der Waals surface area contributed by atoms with Gasteiger partial charge >= 0.3 is 0 Å². The smallest absolute Gasteiger partial charge is 0.161 e. The van der Waals surface area contributed by atoms with Crippen molar-refractivity contribution in [3.63, 3.8) is 0 Å². The fourth-order valence-corrected chi connectivity index (χ4v) is 2.85. The number of nitriles is 1. The fourth-order valence-electron chi connectivity index (χ4n) is 2.85. The van der Waals surface area contributed by atoms with Crippen LogP contribution in [0.5, 0.6) is 11.5 Å². The minimum atomic E-state index is -0.201. The lowest BCUT2D eigenvalue weighted by atomic mass is 10.1. The summed E-state index contributed by atoms with van der Waals surface area (Å²) in [6, 6.07) is 8.06. The van der Waals surface area contributed by atoms with E-state index in [4.69, 9.17) is 9.47 Å². The van der Waals surface area contributed by atoms with Gasteiger partial charge in [-0.2, -0.15) is 5.26 Å². The van der Waals surface area contributed by atoms with Crippen molar-refractivity contribution in [2.75, 3.05) is 26.8 Å². The maximum Gasteiger partial charge on any atom is 0.161 e. The van der Waals surface area contributed by atoms with Gasteiger partial charge in [0, 0.05) is 0 Å². The molecule has 114 valence electrons. The Bertz CT molecular complexity index is 488. The van der Waals surface area contributed by atoms with Gasteiger partial charge in [-0.05, 0) is 50.6 Å². The molecule has 21 heavy (non-hydrogen) atoms. The average molecular weight is 288 g/mol. The monoisotopic (exact) mass is 288 g/mol. The van der Waals surface area contributed by atoms with Crippen LogP contribution >= 0.6 is 0 Å². The number of hydrogen-bond donors (Lipinski definition) is 0. The van der Waals surface area contributed by atoms with E-state index in [-0.39, 0.29) is 6.04 Å². The maximum atomic E-state index is 9.61. The quantitative estimate of drug-likeness (QED) is 0.831. The number of ether oxygens (including phenoxy) is 2. The predicted octanol–water partition coefficient (Wildman–Crippen LogP) is 3.53. The fraction of sp³-hybridized carbons (Fsp3) is 0.588. The molecule has 0 aliphatic carbocycles. The zero-order valence-corrected chi connectivity index (χ0v) is 13.0. The second-order valence-electron chi connectivity index (χ2n) is 5.33. The van der Waals surface area contributed by atoms with E-state index in [9.17, 15) is 5.26 Å². The van der Waals surface area contributed by atoms with Crippen LogP contribution in [0.2, 0.25) is 0 Å². The molecule has 0 bridgehead atoms. The molecule has 1 aromatic rings. The van der Waals surface area contributed by atoms with Crippen LogP contribution in [0.3, 0.4) is 0 Å². The zero-order valence-electron chi connectivity index (χ0n) is 13.0. The Kier molecular flexibility index (Phi) is 5.89. The van der Waals surface area contributed by atoms with Crippen LogP contribution < -0.4 is 9.47 Å². The first-order valence-electron chi connectivity index (χ1n) is 7.74. The number of benzene rings is 1. The Hall–Kier alpha value is -1.73. The molecule has 0 radical (unpaired) electrons. The van der Waals surface area contributed by atoms with Crippen LogP contribution in [0.1, 0.15) is 44.2 Å². The molecule has 0 aromatic heterocycles. The number of rotatable bonds is 5. The molecule has 1 unspecified atom stereocenters. The van der Waals surface area contributed by atoms with E-state index in [1.165, 1.54) is 25.7 Å². The SMILES string of the molecule is CCOc1cc(C(C#N)N2CCCCCC2)ccc1OC. The third-order valence-corrected chi connectivity index (χ3v) is 3.93. The van der Waals surface area contributed by atoms with Gasteiger partial charge in [-0.1, -0.05) is 18.9 Å². The predicted molar refractivity (Wildman–Crippen MR) is 82.6 cm³/mol. The summed E-state index contributed by atoms with van der Waals surface area (Å²) >= 11 is 0. The second kappa shape index (κ2) is 7.90. The lowest BCUT2D eigenvalue weighted by Gasteiger charge is -2.26. The van der Waals surface area contributed by atoms with Crippen molar-refractivity contribution in [1.29, 1.82) is 5.26 Å². The molecule has 1 heterocycles. The molecule has 1 saturated heterocycles. The molecule has 1 atom stereocenters. The molecular formula is C17H24N2O2. The maximum absolute atomic E-state index is 9.61. The van der Waals surface area contributed by atoms with Gasteiger partial charge in [-0.25, -0.2) is 0 Å². The number of likely N-dealkylation sites (tertiary alicyclic amines) is 1. The minimum absolute atomic E-state index is 0.201. The Labute approximate surface area is 127 Å². The molecule has 0 N–H and O–H groups in total. The first-order chi connectivity index (χ1) is 10.3. The molecule has 0 amide bonds. The summed E-state index contributed by atoms with van der Waals surface area (Å²) in [7, 11) is 1.63. The molecular weight excluding hydrogens is 264 g/mol. The van der Waals surface area contributed by atoms with Crippen molar-refractivity contribution in [1.82, 2.24) is 4.90 Å². The summed E-state index contributed by atoms with van der Waals surface area (Å²) in [6.07, 6.45) is 4.88. The Balaban J connectivity index is 2.24. The van der Waals surface area contributed by atoms with E-state index in [2.05, 4.69) is 11.0 Å². The van der Waals surface area contributed by atoms with Crippen LogP contribution in [0, 0.1) is 11.3 Å². The Morgan fingerprint density at radius 1 is 1.19 bits per heavy atom. The van der Waals surface area contributed by atoms with Crippen LogP contribution in [0.25, 0.3) is 0 Å². The Morgan fingerprint density at radius 2 is 1.90 bits per heavy atom. The van der Waals surface area contributed by atoms with Crippen LogP contribution in [0.4, 0.5) is 0 Å². The number of methoxy groups -OCH3 is 1. The third-order valence-electron chi connectivity index (χ3n) is 3.93. The molecule has 4 heteroatoms. The number of nitrogens with zero attached hydrogens (tertiary/aromatic N) is 2.